The molecule has 3 aromatic carbocycles. The summed E-state index contributed by atoms with van der Waals surface area (Å²) in [7, 11) is 0. The van der Waals surface area contributed by atoms with Crippen molar-refractivity contribution in [3.05, 3.63) is 112 Å². The number of carbonyl (C=O) groups excluding carboxylic acids is 1. The molecule has 2 aliphatic heterocycles. The van der Waals surface area contributed by atoms with Crippen molar-refractivity contribution in [2.24, 2.45) is 0 Å². The number of anilines is 3. The first-order chi connectivity index (χ1) is 25.4. The largest absolute Gasteiger partial charge is 0.488 e. The van der Waals surface area contributed by atoms with Crippen LogP contribution >= 0.6 is 0 Å². The summed E-state index contributed by atoms with van der Waals surface area (Å²) in [6.45, 7) is 4.74. The maximum Gasteiger partial charge on any atom is 0.266 e. The summed E-state index contributed by atoms with van der Waals surface area (Å²) in [5, 5.41) is 10.0. The average Bonchev–Trinajstić information content (AvgIpc) is 3.17. The van der Waals surface area contributed by atoms with E-state index >= 15 is 0 Å². The van der Waals surface area contributed by atoms with Crippen molar-refractivity contribution in [3.63, 3.8) is 0 Å². The van der Waals surface area contributed by atoms with E-state index in [4.69, 9.17) is 14.5 Å². The fourth-order valence-corrected chi connectivity index (χ4v) is 6.05. The van der Waals surface area contributed by atoms with E-state index in [2.05, 4.69) is 54.8 Å². The highest BCUT2D eigenvalue weighted by molar-refractivity contribution is 5.93. The number of rotatable bonds is 9. The lowest BCUT2D eigenvalue weighted by Crippen LogP contribution is -2.36. The number of ether oxygens (including phenoxy) is 2. The third-order valence-electron chi connectivity index (χ3n) is 8.78. The summed E-state index contributed by atoms with van der Waals surface area (Å²) < 4.78 is 40.1. The van der Waals surface area contributed by atoms with Gasteiger partial charge in [0.05, 0.1) is 32.6 Å². The lowest BCUT2D eigenvalue weighted by molar-refractivity contribution is 0.0956. The quantitative estimate of drug-likeness (QED) is 0.193. The van der Waals surface area contributed by atoms with Gasteiger partial charge in [-0.2, -0.15) is 0 Å². The van der Waals surface area contributed by atoms with Crippen molar-refractivity contribution < 1.29 is 23.0 Å². The van der Waals surface area contributed by atoms with Crippen molar-refractivity contribution in [3.8, 4) is 17.6 Å². The predicted molar refractivity (Wildman–Crippen MR) is 192 cm³/mol. The van der Waals surface area contributed by atoms with E-state index in [-0.39, 0.29) is 24.8 Å². The Bertz CT molecular complexity index is 2190. The number of halogens is 2. The molecule has 2 aliphatic rings. The molecule has 5 aromatic rings. The van der Waals surface area contributed by atoms with Gasteiger partial charge in [-0.15, -0.1) is 0 Å². The van der Waals surface area contributed by atoms with E-state index in [9.17, 15) is 18.4 Å². The van der Waals surface area contributed by atoms with Crippen LogP contribution in [0.1, 0.15) is 34.3 Å². The number of piperidine rings is 1. The van der Waals surface area contributed by atoms with E-state index < -0.39 is 23.1 Å². The molecule has 2 fully saturated rings. The van der Waals surface area contributed by atoms with Crippen LogP contribution in [0.2, 0.25) is 0 Å². The molecule has 0 aliphatic carbocycles. The molecule has 0 unspecified atom stereocenters. The van der Waals surface area contributed by atoms with Gasteiger partial charge in [0.1, 0.15) is 22.9 Å². The van der Waals surface area contributed by atoms with E-state index in [0.29, 0.717) is 28.3 Å². The molecule has 0 saturated carbocycles. The summed E-state index contributed by atoms with van der Waals surface area (Å²) in [6.07, 6.45) is 5.83. The molecule has 2 aromatic heterocycles. The van der Waals surface area contributed by atoms with Crippen LogP contribution in [0.15, 0.2) is 78.1 Å². The van der Waals surface area contributed by atoms with Crippen molar-refractivity contribution in [1.29, 1.82) is 0 Å². The Hall–Kier alpha value is -5.91. The first kappa shape index (κ1) is 34.5. The van der Waals surface area contributed by atoms with Crippen LogP contribution in [-0.4, -0.2) is 77.5 Å². The number of nitrogens with one attached hydrogen (secondary N) is 3. The summed E-state index contributed by atoms with van der Waals surface area (Å²) in [4.78, 5) is 41.5. The maximum absolute atomic E-state index is 13.7. The summed E-state index contributed by atoms with van der Waals surface area (Å²) in [5.41, 5.74) is 2.80. The highest BCUT2D eigenvalue weighted by Gasteiger charge is 2.18. The minimum Gasteiger partial charge on any atom is -0.488 e. The van der Waals surface area contributed by atoms with E-state index in [1.54, 1.807) is 6.20 Å². The SMILES string of the molecule is O=C(NCC#Cc1cc(OC2CCNCC2)c2nc(Nc3ccc(N4CCOCC4)cc3)ncc2c1)c1cncn(Cc2ccc(F)c(F)c2)c1=O. The van der Waals surface area contributed by atoms with Gasteiger partial charge < -0.3 is 30.3 Å². The zero-order valence-corrected chi connectivity index (χ0v) is 28.2. The predicted octanol–water partition coefficient (Wildman–Crippen LogP) is 4.01. The number of nitrogens with zero attached hydrogens (tertiary/aromatic N) is 5. The molecule has 4 heterocycles. The van der Waals surface area contributed by atoms with Crippen LogP contribution < -0.4 is 31.1 Å². The second kappa shape index (κ2) is 16.0. The standard InChI is InChI=1S/C38H36F2N8O4/c39-32-8-3-26(19-33(32)40)23-48-24-42-22-31(37(48)50)36(49)43-11-1-2-25-18-27-21-44-38(46-35(27)34(20-25)52-30-9-12-41-13-10-30)45-28-4-6-29(7-5-28)47-14-16-51-17-15-47/h3-8,18-22,24,30,41H,9-17,23H2,(H,43,49)(H,44,45,46). The van der Waals surface area contributed by atoms with Crippen molar-refractivity contribution in [2.45, 2.75) is 25.5 Å². The highest BCUT2D eigenvalue weighted by atomic mass is 19.2. The topological polar surface area (TPSA) is 136 Å². The molecule has 0 atom stereocenters. The Morgan fingerprint density at radius 3 is 2.62 bits per heavy atom. The molecule has 0 bridgehead atoms. The monoisotopic (exact) mass is 706 g/mol. The zero-order valence-electron chi connectivity index (χ0n) is 28.2. The first-order valence-corrected chi connectivity index (χ1v) is 17.0. The highest BCUT2D eigenvalue weighted by Crippen LogP contribution is 2.30. The molecule has 0 spiro atoms. The fraction of sp³-hybridized carbons (Fsp3) is 0.289. The molecule has 2 saturated heterocycles. The van der Waals surface area contributed by atoms with Gasteiger partial charge in [0.25, 0.3) is 11.5 Å². The molecular weight excluding hydrogens is 670 g/mol. The smallest absolute Gasteiger partial charge is 0.266 e. The van der Waals surface area contributed by atoms with Crippen molar-refractivity contribution in [1.82, 2.24) is 30.2 Å². The first-order valence-electron chi connectivity index (χ1n) is 17.0. The van der Waals surface area contributed by atoms with Gasteiger partial charge in [0, 0.05) is 47.8 Å². The number of carbonyl (C=O) groups is 1. The Labute approximate surface area is 298 Å². The molecule has 0 radical (unpaired) electrons. The van der Waals surface area contributed by atoms with Crippen LogP contribution in [0.3, 0.4) is 0 Å². The lowest BCUT2D eigenvalue weighted by atomic mass is 10.1. The number of aromatic nitrogens is 4. The Kier molecular flexibility index (Phi) is 10.6. The molecule has 7 rings (SSSR count). The van der Waals surface area contributed by atoms with E-state index in [1.165, 1.54) is 12.4 Å². The van der Waals surface area contributed by atoms with Gasteiger partial charge in [0.15, 0.2) is 11.6 Å². The Morgan fingerprint density at radius 1 is 1.02 bits per heavy atom. The van der Waals surface area contributed by atoms with Gasteiger partial charge in [0.2, 0.25) is 5.95 Å². The van der Waals surface area contributed by atoms with Crippen molar-refractivity contribution >= 4 is 34.1 Å². The van der Waals surface area contributed by atoms with E-state index in [0.717, 1.165) is 91.9 Å². The summed E-state index contributed by atoms with van der Waals surface area (Å²) in [5.74, 6) is 4.34. The molecule has 1 amide bonds. The minimum atomic E-state index is -1.03. The molecule has 12 nitrogen and oxygen atoms in total. The Balaban J connectivity index is 1.05. The van der Waals surface area contributed by atoms with Crippen LogP contribution in [-0.2, 0) is 11.3 Å². The number of morpholine rings is 1. The number of amides is 1. The van der Waals surface area contributed by atoms with Crippen LogP contribution in [0.25, 0.3) is 10.9 Å². The Morgan fingerprint density at radius 2 is 1.83 bits per heavy atom. The van der Waals surface area contributed by atoms with E-state index in [1.807, 2.05) is 24.3 Å². The zero-order chi connectivity index (χ0) is 35.9. The van der Waals surface area contributed by atoms with Gasteiger partial charge in [-0.3, -0.25) is 14.2 Å². The molecule has 52 heavy (non-hydrogen) atoms. The molecule has 14 heteroatoms. The van der Waals surface area contributed by atoms with Crippen LogP contribution in [0.4, 0.5) is 26.1 Å². The second-order valence-electron chi connectivity index (χ2n) is 12.4. The number of fused-ring (bicyclic) bond motifs is 1. The fourth-order valence-electron chi connectivity index (χ4n) is 6.05. The van der Waals surface area contributed by atoms with Gasteiger partial charge >= 0.3 is 0 Å². The second-order valence-corrected chi connectivity index (χ2v) is 12.4. The maximum atomic E-state index is 13.7. The molecule has 3 N–H and O–H groups in total. The third kappa shape index (κ3) is 8.34. The third-order valence-corrected chi connectivity index (χ3v) is 8.78. The van der Waals surface area contributed by atoms with Gasteiger partial charge in [-0.05, 0) is 80.0 Å². The normalized spacial score (nSPS) is 14.8. The van der Waals surface area contributed by atoms with Gasteiger partial charge in [-0.25, -0.2) is 23.7 Å². The van der Waals surface area contributed by atoms with Gasteiger partial charge in [-0.1, -0.05) is 17.9 Å². The molecular formula is C38H36F2N8O4. The number of hydrogen-bond donors (Lipinski definition) is 3. The number of benzene rings is 3. The average molecular weight is 707 g/mol. The summed E-state index contributed by atoms with van der Waals surface area (Å²) >= 11 is 0. The van der Waals surface area contributed by atoms with Crippen molar-refractivity contribution in [2.75, 3.05) is 56.2 Å². The minimum absolute atomic E-state index is 0.0108. The summed E-state index contributed by atoms with van der Waals surface area (Å²) in [6, 6.07) is 15.2. The van der Waals surface area contributed by atoms with Crippen LogP contribution in [0.5, 0.6) is 5.75 Å². The number of hydrogen-bond acceptors (Lipinski definition) is 10. The lowest BCUT2D eigenvalue weighted by Gasteiger charge is -2.28. The molecule has 266 valence electrons. The van der Waals surface area contributed by atoms with Crippen LogP contribution in [0, 0.1) is 23.5 Å².